The molecule has 0 aliphatic heterocycles. The number of aryl methyl sites for hydroxylation is 2. The van der Waals surface area contributed by atoms with Gasteiger partial charge in [-0.15, -0.1) is 0 Å². The second-order valence-corrected chi connectivity index (χ2v) is 4.35. The molecular formula is C16H17N. The summed E-state index contributed by atoms with van der Waals surface area (Å²) < 4.78 is 0. The summed E-state index contributed by atoms with van der Waals surface area (Å²) in [4.78, 5) is 4.49. The summed E-state index contributed by atoms with van der Waals surface area (Å²) in [6.07, 6.45) is 5.73. The van der Waals surface area contributed by atoms with Crippen molar-refractivity contribution in [1.29, 1.82) is 0 Å². The fourth-order valence-electron chi connectivity index (χ4n) is 2.19. The molecule has 86 valence electrons. The van der Waals surface area contributed by atoms with Crippen molar-refractivity contribution in [3.63, 3.8) is 0 Å². The van der Waals surface area contributed by atoms with Gasteiger partial charge in [-0.1, -0.05) is 30.9 Å². The lowest BCUT2D eigenvalue weighted by Gasteiger charge is -2.10. The molecule has 1 aromatic carbocycles. The maximum Gasteiger partial charge on any atom is 0.0739 e. The van der Waals surface area contributed by atoms with E-state index in [1.54, 1.807) is 0 Å². The van der Waals surface area contributed by atoms with Crippen LogP contribution in [-0.2, 0) is 0 Å². The Morgan fingerprint density at radius 2 is 2.00 bits per heavy atom. The molecule has 0 atom stereocenters. The molecule has 0 N–H and O–H groups in total. The Bertz CT molecular complexity index is 606. The second-order valence-electron chi connectivity index (χ2n) is 4.35. The molecule has 1 heterocycles. The number of hydrogen-bond donors (Lipinski definition) is 0. The summed E-state index contributed by atoms with van der Waals surface area (Å²) in [6, 6.07) is 6.37. The van der Waals surface area contributed by atoms with Crippen LogP contribution in [-0.4, -0.2) is 4.98 Å². The number of hydrogen-bond acceptors (Lipinski definition) is 1. The molecule has 0 saturated carbocycles. The third-order valence-electron chi connectivity index (χ3n) is 3.18. The lowest BCUT2D eigenvalue weighted by atomic mass is 9.97. The number of aromatic nitrogens is 1. The van der Waals surface area contributed by atoms with E-state index in [2.05, 4.69) is 44.5 Å². The molecule has 1 heteroatoms. The van der Waals surface area contributed by atoms with Crippen molar-refractivity contribution in [3.8, 4) is 0 Å². The molecular weight excluding hydrogens is 206 g/mol. The molecule has 0 aliphatic rings. The number of allylic oxidation sites excluding steroid dienone is 3. The molecule has 0 radical (unpaired) electrons. The minimum atomic E-state index is 1.10. The maximum atomic E-state index is 4.49. The van der Waals surface area contributed by atoms with Gasteiger partial charge in [0.1, 0.15) is 0 Å². The van der Waals surface area contributed by atoms with Gasteiger partial charge in [0, 0.05) is 11.6 Å². The van der Waals surface area contributed by atoms with Crippen LogP contribution in [0.5, 0.6) is 0 Å². The summed E-state index contributed by atoms with van der Waals surface area (Å²) in [7, 11) is 0. The largest absolute Gasteiger partial charge is 0.256 e. The van der Waals surface area contributed by atoms with Gasteiger partial charge in [0.25, 0.3) is 0 Å². The highest BCUT2D eigenvalue weighted by molar-refractivity contribution is 5.89. The van der Waals surface area contributed by atoms with Gasteiger partial charge in [0.05, 0.1) is 5.52 Å². The zero-order valence-electron chi connectivity index (χ0n) is 10.6. The molecule has 0 saturated heterocycles. The standard InChI is InChI=1S/C16H17N/c1-5-6-11(2)14-7-8-15-12(3)9-10-17-16(15)13(14)4/h5-10H,1H2,2-4H3/b11-6-. The fraction of sp³-hybridized carbons (Fsp3) is 0.188. The Labute approximate surface area is 103 Å². The molecule has 1 aromatic heterocycles. The van der Waals surface area contributed by atoms with Gasteiger partial charge < -0.3 is 0 Å². The Hall–Kier alpha value is -1.89. The van der Waals surface area contributed by atoms with E-state index in [-0.39, 0.29) is 0 Å². The Balaban J connectivity index is 2.75. The van der Waals surface area contributed by atoms with Gasteiger partial charge in [-0.2, -0.15) is 0 Å². The number of benzene rings is 1. The highest BCUT2D eigenvalue weighted by atomic mass is 14.7. The zero-order valence-corrected chi connectivity index (χ0v) is 10.6. The topological polar surface area (TPSA) is 12.9 Å². The highest BCUT2D eigenvalue weighted by Gasteiger charge is 2.06. The SMILES string of the molecule is C=C/C=C(/C)c1ccc2c(C)ccnc2c1C. The predicted octanol–water partition coefficient (Wildman–Crippen LogP) is 4.44. The van der Waals surface area contributed by atoms with Crippen molar-refractivity contribution in [2.24, 2.45) is 0 Å². The summed E-state index contributed by atoms with van der Waals surface area (Å²) >= 11 is 0. The lowest BCUT2D eigenvalue weighted by Crippen LogP contribution is -1.91. The molecule has 0 spiro atoms. The molecule has 1 nitrogen and oxygen atoms in total. The van der Waals surface area contributed by atoms with Crippen LogP contribution in [0.25, 0.3) is 16.5 Å². The van der Waals surface area contributed by atoms with Crippen molar-refractivity contribution in [2.75, 3.05) is 0 Å². The van der Waals surface area contributed by atoms with Gasteiger partial charge >= 0.3 is 0 Å². The van der Waals surface area contributed by atoms with Crippen LogP contribution >= 0.6 is 0 Å². The van der Waals surface area contributed by atoms with Crippen LogP contribution in [0.4, 0.5) is 0 Å². The third-order valence-corrected chi connectivity index (χ3v) is 3.18. The van der Waals surface area contributed by atoms with E-state index in [4.69, 9.17) is 0 Å². The first kappa shape index (κ1) is 11.6. The second kappa shape index (κ2) is 4.54. The third kappa shape index (κ3) is 2.01. The first-order chi connectivity index (χ1) is 8.15. The Morgan fingerprint density at radius 3 is 2.71 bits per heavy atom. The lowest BCUT2D eigenvalue weighted by molar-refractivity contribution is 1.32. The summed E-state index contributed by atoms with van der Waals surface area (Å²) in [6.45, 7) is 10.1. The zero-order chi connectivity index (χ0) is 12.4. The number of nitrogens with zero attached hydrogens (tertiary/aromatic N) is 1. The molecule has 2 rings (SSSR count). The summed E-state index contributed by atoms with van der Waals surface area (Å²) in [5, 5.41) is 1.24. The summed E-state index contributed by atoms with van der Waals surface area (Å²) in [5.41, 5.74) is 6.08. The minimum absolute atomic E-state index is 1.10. The van der Waals surface area contributed by atoms with Crippen LogP contribution in [0, 0.1) is 13.8 Å². The van der Waals surface area contributed by atoms with Crippen LogP contribution in [0.15, 0.2) is 43.1 Å². The molecule has 0 bridgehead atoms. The average Bonchev–Trinajstić information content (AvgIpc) is 2.31. The predicted molar refractivity (Wildman–Crippen MR) is 75.1 cm³/mol. The monoisotopic (exact) mass is 223 g/mol. The van der Waals surface area contributed by atoms with Gasteiger partial charge in [-0.05, 0) is 49.1 Å². The number of fused-ring (bicyclic) bond motifs is 1. The van der Waals surface area contributed by atoms with Crippen molar-refractivity contribution in [1.82, 2.24) is 4.98 Å². The fourth-order valence-corrected chi connectivity index (χ4v) is 2.19. The van der Waals surface area contributed by atoms with Crippen LogP contribution in [0.3, 0.4) is 0 Å². The van der Waals surface area contributed by atoms with Crippen molar-refractivity contribution < 1.29 is 0 Å². The van der Waals surface area contributed by atoms with Gasteiger partial charge in [0.2, 0.25) is 0 Å². The molecule has 0 fully saturated rings. The smallest absolute Gasteiger partial charge is 0.0739 e. The molecule has 0 amide bonds. The van der Waals surface area contributed by atoms with Crippen molar-refractivity contribution in [3.05, 3.63) is 59.8 Å². The van der Waals surface area contributed by atoms with Crippen LogP contribution in [0.1, 0.15) is 23.6 Å². The Morgan fingerprint density at radius 1 is 1.24 bits per heavy atom. The van der Waals surface area contributed by atoms with Gasteiger partial charge in [0.15, 0.2) is 0 Å². The number of rotatable bonds is 2. The van der Waals surface area contributed by atoms with E-state index in [0.29, 0.717) is 0 Å². The quantitative estimate of drug-likeness (QED) is 0.686. The first-order valence-corrected chi connectivity index (χ1v) is 5.79. The highest BCUT2D eigenvalue weighted by Crippen LogP contribution is 2.26. The van der Waals surface area contributed by atoms with E-state index >= 15 is 0 Å². The van der Waals surface area contributed by atoms with E-state index < -0.39 is 0 Å². The maximum absolute atomic E-state index is 4.49. The number of pyridine rings is 1. The molecule has 2 aromatic rings. The summed E-state index contributed by atoms with van der Waals surface area (Å²) in [5.74, 6) is 0. The van der Waals surface area contributed by atoms with E-state index in [9.17, 15) is 0 Å². The minimum Gasteiger partial charge on any atom is -0.256 e. The molecule has 0 aliphatic carbocycles. The normalized spacial score (nSPS) is 11.8. The van der Waals surface area contributed by atoms with Crippen LogP contribution < -0.4 is 0 Å². The van der Waals surface area contributed by atoms with Gasteiger partial charge in [-0.25, -0.2) is 0 Å². The van der Waals surface area contributed by atoms with E-state index in [1.807, 2.05) is 24.4 Å². The molecule has 0 unspecified atom stereocenters. The average molecular weight is 223 g/mol. The van der Waals surface area contributed by atoms with Crippen LogP contribution in [0.2, 0.25) is 0 Å². The van der Waals surface area contributed by atoms with E-state index in [0.717, 1.165) is 5.52 Å². The Kier molecular flexibility index (Phi) is 3.10. The van der Waals surface area contributed by atoms with E-state index in [1.165, 1.54) is 27.6 Å². The van der Waals surface area contributed by atoms with Crippen molar-refractivity contribution >= 4 is 16.5 Å². The van der Waals surface area contributed by atoms with Crippen molar-refractivity contribution in [2.45, 2.75) is 20.8 Å². The molecule has 17 heavy (non-hydrogen) atoms. The van der Waals surface area contributed by atoms with Gasteiger partial charge in [-0.3, -0.25) is 4.98 Å². The first-order valence-electron chi connectivity index (χ1n) is 5.79.